The van der Waals surface area contributed by atoms with Gasteiger partial charge in [-0.05, 0) is 35.3 Å². The minimum Gasteiger partial charge on any atom is -0.507 e. The molecule has 6 unspecified atom stereocenters. The summed E-state index contributed by atoms with van der Waals surface area (Å²) >= 11 is 0. The Hall–Kier alpha value is -5.04. The summed E-state index contributed by atoms with van der Waals surface area (Å²) in [6.45, 7) is 0.372. The first-order chi connectivity index (χ1) is 21.9. The Balaban J connectivity index is 1.22. The predicted molar refractivity (Wildman–Crippen MR) is 167 cm³/mol. The van der Waals surface area contributed by atoms with Gasteiger partial charge in [0.05, 0.1) is 36.8 Å². The third kappa shape index (κ3) is 4.25. The number of benzene rings is 4. The maximum absolute atomic E-state index is 14.3. The molecule has 4 aromatic carbocycles. The van der Waals surface area contributed by atoms with Crippen molar-refractivity contribution in [3.05, 3.63) is 125 Å². The Morgan fingerprint density at radius 3 is 1.84 bits per heavy atom. The number of phenols is 1. The van der Waals surface area contributed by atoms with Gasteiger partial charge in [0.15, 0.2) is 0 Å². The van der Waals surface area contributed by atoms with Crippen LogP contribution >= 0.6 is 0 Å². The number of allylic oxidation sites excluding steroid dienone is 2. The van der Waals surface area contributed by atoms with Crippen molar-refractivity contribution in [3.8, 4) is 5.75 Å². The lowest BCUT2D eigenvalue weighted by Gasteiger charge is -2.44. The smallest absolute Gasteiger partial charge is 0.234 e. The first kappa shape index (κ1) is 27.5. The van der Waals surface area contributed by atoms with E-state index in [4.69, 9.17) is 0 Å². The number of hydrogen-bond acceptors (Lipinski definition) is 5. The van der Waals surface area contributed by atoms with E-state index in [1.54, 1.807) is 0 Å². The average Bonchev–Trinajstić information content (AvgIpc) is 3.45. The van der Waals surface area contributed by atoms with Crippen LogP contribution in [0.5, 0.6) is 5.75 Å². The number of hydrogen-bond donors (Lipinski definition) is 1. The molecule has 2 saturated heterocycles. The molecular formula is C38H32N2O5. The van der Waals surface area contributed by atoms with Crippen LogP contribution in [0.1, 0.15) is 35.4 Å². The highest BCUT2D eigenvalue weighted by Crippen LogP contribution is 2.59. The Labute approximate surface area is 260 Å². The van der Waals surface area contributed by atoms with Gasteiger partial charge in [0, 0.05) is 16.9 Å². The van der Waals surface area contributed by atoms with Crippen molar-refractivity contribution >= 4 is 34.4 Å². The number of imide groups is 2. The summed E-state index contributed by atoms with van der Waals surface area (Å²) in [4.78, 5) is 58.9. The zero-order chi connectivity index (χ0) is 30.8. The van der Waals surface area contributed by atoms with Gasteiger partial charge >= 0.3 is 0 Å². The number of nitrogens with zero attached hydrogens (tertiary/aromatic N) is 2. The predicted octanol–water partition coefficient (Wildman–Crippen LogP) is 5.58. The summed E-state index contributed by atoms with van der Waals surface area (Å²) in [6, 6.07) is 30.3. The Morgan fingerprint density at radius 1 is 0.600 bits per heavy atom. The number of phenolic OH excluding ortho intramolecular Hbond substituents is 1. The molecule has 0 bridgehead atoms. The van der Waals surface area contributed by atoms with Crippen LogP contribution in [0.4, 0.5) is 0 Å². The molecule has 45 heavy (non-hydrogen) atoms. The SMILES string of the molecule is O=C1C2CC=C3C(CC4C(=O)N(Cc5ccccc5)C(=O)C4C3c3ccc4ccccc4c3O)C2C(=O)N1Cc1ccccc1. The van der Waals surface area contributed by atoms with Crippen LogP contribution in [0.15, 0.2) is 109 Å². The number of aromatic hydroxyl groups is 1. The Morgan fingerprint density at radius 2 is 1.18 bits per heavy atom. The minimum atomic E-state index is -0.708. The number of carbonyl (C=O) groups is 4. The van der Waals surface area contributed by atoms with Gasteiger partial charge in [-0.15, -0.1) is 0 Å². The maximum Gasteiger partial charge on any atom is 0.234 e. The first-order valence-electron chi connectivity index (χ1n) is 15.6. The van der Waals surface area contributed by atoms with Crippen molar-refractivity contribution < 1.29 is 24.3 Å². The molecule has 7 nitrogen and oxygen atoms in total. The van der Waals surface area contributed by atoms with Gasteiger partial charge in [-0.2, -0.15) is 0 Å². The summed E-state index contributed by atoms with van der Waals surface area (Å²) < 4.78 is 0. The van der Waals surface area contributed by atoms with Crippen molar-refractivity contribution in [2.24, 2.45) is 29.6 Å². The molecule has 224 valence electrons. The van der Waals surface area contributed by atoms with Crippen LogP contribution in [0.25, 0.3) is 10.8 Å². The second kappa shape index (κ2) is 10.5. The van der Waals surface area contributed by atoms with Crippen molar-refractivity contribution in [3.63, 3.8) is 0 Å². The highest BCUT2D eigenvalue weighted by Gasteiger charge is 2.62. The summed E-state index contributed by atoms with van der Waals surface area (Å²) in [5, 5.41) is 13.2. The minimum absolute atomic E-state index is 0.0850. The van der Waals surface area contributed by atoms with Crippen molar-refractivity contribution in [2.75, 3.05) is 0 Å². The second-order valence-electron chi connectivity index (χ2n) is 12.7. The van der Waals surface area contributed by atoms with Gasteiger partial charge in [0.1, 0.15) is 5.75 Å². The monoisotopic (exact) mass is 596 g/mol. The van der Waals surface area contributed by atoms with Crippen LogP contribution in [-0.4, -0.2) is 38.5 Å². The molecule has 2 aliphatic carbocycles. The molecule has 4 aromatic rings. The highest BCUT2D eigenvalue weighted by molar-refractivity contribution is 6.08. The average molecular weight is 597 g/mol. The van der Waals surface area contributed by atoms with Crippen molar-refractivity contribution in [2.45, 2.75) is 31.8 Å². The lowest BCUT2D eigenvalue weighted by molar-refractivity contribution is -0.142. The van der Waals surface area contributed by atoms with E-state index in [2.05, 4.69) is 0 Å². The largest absolute Gasteiger partial charge is 0.507 e. The van der Waals surface area contributed by atoms with E-state index in [1.807, 2.05) is 103 Å². The number of likely N-dealkylation sites (tertiary alicyclic amines) is 2. The Bertz CT molecular complexity index is 1900. The molecule has 3 fully saturated rings. The van der Waals surface area contributed by atoms with Gasteiger partial charge < -0.3 is 5.11 Å². The van der Waals surface area contributed by atoms with E-state index in [1.165, 1.54) is 9.80 Å². The third-order valence-corrected chi connectivity index (χ3v) is 10.5. The van der Waals surface area contributed by atoms with Gasteiger partial charge in [-0.1, -0.05) is 109 Å². The second-order valence-corrected chi connectivity index (χ2v) is 12.7. The van der Waals surface area contributed by atoms with Crippen LogP contribution in [0.2, 0.25) is 0 Å². The summed E-state index contributed by atoms with van der Waals surface area (Å²) in [5.41, 5.74) is 3.20. The molecule has 0 spiro atoms. The van der Waals surface area contributed by atoms with E-state index in [0.717, 1.165) is 22.1 Å². The molecule has 1 N–H and O–H groups in total. The van der Waals surface area contributed by atoms with Crippen molar-refractivity contribution in [1.82, 2.24) is 9.80 Å². The van der Waals surface area contributed by atoms with Crippen LogP contribution in [-0.2, 0) is 32.3 Å². The fourth-order valence-electron chi connectivity index (χ4n) is 8.43. The number of carbonyl (C=O) groups excluding carboxylic acids is 4. The molecule has 8 rings (SSSR count). The maximum atomic E-state index is 14.3. The molecule has 4 amide bonds. The topological polar surface area (TPSA) is 95.0 Å². The quantitative estimate of drug-likeness (QED) is 0.240. The molecule has 7 heteroatoms. The highest BCUT2D eigenvalue weighted by atomic mass is 16.3. The number of amides is 4. The summed E-state index contributed by atoms with van der Waals surface area (Å²) in [5.74, 6) is -4.31. The van der Waals surface area contributed by atoms with E-state index < -0.39 is 35.5 Å². The zero-order valence-corrected chi connectivity index (χ0v) is 24.6. The summed E-state index contributed by atoms with van der Waals surface area (Å²) in [6.07, 6.45) is 2.72. The van der Waals surface area contributed by atoms with Gasteiger partial charge in [0.2, 0.25) is 23.6 Å². The van der Waals surface area contributed by atoms with E-state index >= 15 is 0 Å². The van der Waals surface area contributed by atoms with Gasteiger partial charge in [-0.3, -0.25) is 29.0 Å². The van der Waals surface area contributed by atoms with E-state index in [-0.39, 0.29) is 42.5 Å². The van der Waals surface area contributed by atoms with Crippen LogP contribution in [0.3, 0.4) is 0 Å². The van der Waals surface area contributed by atoms with Crippen molar-refractivity contribution in [1.29, 1.82) is 0 Å². The molecular weight excluding hydrogens is 564 g/mol. The first-order valence-corrected chi connectivity index (χ1v) is 15.6. The standard InChI is InChI=1S/C38H32N2O5/c41-34-25-14-8-7-13-24(25)15-16-27(34)31-26-17-18-28-32(37(44)39(35(28)42)20-22-9-3-1-4-10-22)29(26)19-30-33(31)38(45)40(36(30)43)21-23-11-5-2-6-12-23/h1-17,28-33,41H,18-21H2. The number of rotatable bonds is 5. The number of fused-ring (bicyclic) bond motifs is 5. The van der Waals surface area contributed by atoms with Gasteiger partial charge in [-0.25, -0.2) is 0 Å². The van der Waals surface area contributed by atoms with E-state index in [9.17, 15) is 24.3 Å². The van der Waals surface area contributed by atoms with Gasteiger partial charge in [0.25, 0.3) is 0 Å². The molecule has 6 atom stereocenters. The summed E-state index contributed by atoms with van der Waals surface area (Å²) in [7, 11) is 0. The third-order valence-electron chi connectivity index (χ3n) is 10.5. The molecule has 2 aliphatic heterocycles. The molecule has 1 saturated carbocycles. The van der Waals surface area contributed by atoms with Crippen LogP contribution < -0.4 is 0 Å². The zero-order valence-electron chi connectivity index (χ0n) is 24.6. The van der Waals surface area contributed by atoms with Crippen LogP contribution in [0, 0.1) is 29.6 Å². The normalized spacial score (nSPS) is 27.4. The molecule has 0 aromatic heterocycles. The fourth-order valence-corrected chi connectivity index (χ4v) is 8.43. The fraction of sp³-hybridized carbons (Fsp3) is 0.263. The lowest BCUT2D eigenvalue weighted by Crippen LogP contribution is -2.43. The molecule has 0 radical (unpaired) electrons. The lowest BCUT2D eigenvalue weighted by atomic mass is 9.57. The molecule has 4 aliphatic rings. The Kier molecular flexibility index (Phi) is 6.45. The molecule has 2 heterocycles. The van der Waals surface area contributed by atoms with E-state index in [0.29, 0.717) is 23.8 Å².